The zero-order chi connectivity index (χ0) is 18.3. The van der Waals surface area contributed by atoms with Crippen LogP contribution in [0.1, 0.15) is 44.9 Å². The molecule has 0 radical (unpaired) electrons. The summed E-state index contributed by atoms with van der Waals surface area (Å²) in [5, 5.41) is 9.17. The van der Waals surface area contributed by atoms with E-state index in [-0.39, 0.29) is 11.5 Å². The zero-order valence-electron chi connectivity index (χ0n) is 15.7. The molecule has 7 nitrogen and oxygen atoms in total. The Balaban J connectivity index is 1.25. The minimum Gasteiger partial charge on any atom is -0.465 e. The third-order valence-corrected chi connectivity index (χ3v) is 7.39. The number of carbonyl (C=O) groups is 2. The molecule has 0 aromatic carbocycles. The lowest BCUT2D eigenvalue weighted by Gasteiger charge is -2.52. The Bertz CT molecular complexity index is 555. The first-order valence-electron chi connectivity index (χ1n) is 10.1. The van der Waals surface area contributed by atoms with E-state index in [0.29, 0.717) is 24.5 Å². The Morgan fingerprint density at radius 1 is 1.08 bits per heavy atom. The summed E-state index contributed by atoms with van der Waals surface area (Å²) in [5.74, 6) is 0.593. The second kappa shape index (κ2) is 6.91. The average Bonchev–Trinajstić information content (AvgIpc) is 3.27. The predicted molar refractivity (Wildman–Crippen MR) is 96.1 cm³/mol. The molecular formula is C19H31N3O4. The summed E-state index contributed by atoms with van der Waals surface area (Å²) in [4.78, 5) is 29.3. The monoisotopic (exact) mass is 365 g/mol. The molecule has 1 aliphatic carbocycles. The van der Waals surface area contributed by atoms with Crippen LogP contribution in [0.25, 0.3) is 0 Å². The predicted octanol–water partition coefficient (Wildman–Crippen LogP) is 2.46. The highest BCUT2D eigenvalue weighted by Gasteiger charge is 2.51. The van der Waals surface area contributed by atoms with Crippen molar-refractivity contribution < 1.29 is 19.4 Å². The Morgan fingerprint density at radius 3 is 2.42 bits per heavy atom. The third-order valence-electron chi connectivity index (χ3n) is 7.39. The standard InChI is InChI=1S/C19H31N3O4/c1-26-18(25)22-7-2-3-16(22)14-4-8-20(9-5-14)15-11-19(12-15)6-10-21(13-19)17(23)24/h14-16H,2-13H2,1H3,(H,23,24). The number of ether oxygens (including phenoxy) is 1. The molecule has 1 unspecified atom stereocenters. The molecule has 3 saturated heterocycles. The van der Waals surface area contributed by atoms with E-state index in [1.165, 1.54) is 7.11 Å². The molecule has 4 rings (SSSR count). The molecule has 1 spiro atoms. The van der Waals surface area contributed by atoms with Crippen LogP contribution in [0.15, 0.2) is 0 Å². The van der Waals surface area contributed by atoms with Gasteiger partial charge in [-0.2, -0.15) is 0 Å². The lowest BCUT2D eigenvalue weighted by atomic mass is 9.64. The molecule has 1 atom stereocenters. The number of methoxy groups -OCH3 is 1. The van der Waals surface area contributed by atoms with E-state index in [2.05, 4.69) is 4.90 Å². The number of amides is 2. The van der Waals surface area contributed by atoms with E-state index in [1.807, 2.05) is 4.90 Å². The minimum atomic E-state index is -0.766. The normalized spacial score (nSPS) is 35.7. The van der Waals surface area contributed by atoms with Crippen molar-refractivity contribution in [3.8, 4) is 0 Å². The number of hydrogen-bond acceptors (Lipinski definition) is 4. The maximum Gasteiger partial charge on any atom is 0.409 e. The average molecular weight is 365 g/mol. The number of carbonyl (C=O) groups excluding carboxylic acids is 1. The first-order chi connectivity index (χ1) is 12.5. The molecule has 0 bridgehead atoms. The molecule has 7 heteroatoms. The van der Waals surface area contributed by atoms with Crippen molar-refractivity contribution in [1.82, 2.24) is 14.7 Å². The lowest BCUT2D eigenvalue weighted by molar-refractivity contribution is -0.0149. The van der Waals surface area contributed by atoms with Gasteiger partial charge in [0.25, 0.3) is 0 Å². The third kappa shape index (κ3) is 3.15. The van der Waals surface area contributed by atoms with E-state index in [4.69, 9.17) is 9.84 Å². The summed E-state index contributed by atoms with van der Waals surface area (Å²) in [6.45, 7) is 4.49. The van der Waals surface area contributed by atoms with Gasteiger partial charge in [-0.15, -0.1) is 0 Å². The highest BCUT2D eigenvalue weighted by Crippen LogP contribution is 2.50. The topological polar surface area (TPSA) is 73.3 Å². The molecule has 2 amide bonds. The molecule has 1 saturated carbocycles. The van der Waals surface area contributed by atoms with Crippen LogP contribution in [0.3, 0.4) is 0 Å². The van der Waals surface area contributed by atoms with E-state index in [9.17, 15) is 9.59 Å². The lowest BCUT2D eigenvalue weighted by Crippen LogP contribution is -2.55. The van der Waals surface area contributed by atoms with Crippen LogP contribution in [-0.4, -0.2) is 83.9 Å². The van der Waals surface area contributed by atoms with Gasteiger partial charge in [0.1, 0.15) is 0 Å². The van der Waals surface area contributed by atoms with Crippen LogP contribution in [-0.2, 0) is 4.74 Å². The van der Waals surface area contributed by atoms with Gasteiger partial charge in [-0.25, -0.2) is 9.59 Å². The number of piperidine rings is 1. The quantitative estimate of drug-likeness (QED) is 0.814. The van der Waals surface area contributed by atoms with E-state index in [1.54, 1.807) is 4.90 Å². The van der Waals surface area contributed by atoms with Gasteiger partial charge in [-0.05, 0) is 69.4 Å². The fourth-order valence-electron chi connectivity index (χ4n) is 5.93. The summed E-state index contributed by atoms with van der Waals surface area (Å²) < 4.78 is 4.95. The first kappa shape index (κ1) is 17.9. The fourth-order valence-corrected chi connectivity index (χ4v) is 5.93. The second-order valence-corrected chi connectivity index (χ2v) is 8.76. The molecule has 3 heterocycles. The number of nitrogens with zero attached hydrogens (tertiary/aromatic N) is 3. The van der Waals surface area contributed by atoms with Crippen molar-refractivity contribution in [1.29, 1.82) is 0 Å². The van der Waals surface area contributed by atoms with E-state index >= 15 is 0 Å². The number of hydrogen-bond donors (Lipinski definition) is 1. The summed E-state index contributed by atoms with van der Waals surface area (Å²) >= 11 is 0. The minimum absolute atomic E-state index is 0.167. The van der Waals surface area contributed by atoms with Gasteiger partial charge in [0.15, 0.2) is 0 Å². The van der Waals surface area contributed by atoms with Crippen LogP contribution >= 0.6 is 0 Å². The van der Waals surface area contributed by atoms with Crippen molar-refractivity contribution >= 4 is 12.2 Å². The van der Waals surface area contributed by atoms with Crippen LogP contribution in [0.2, 0.25) is 0 Å². The van der Waals surface area contributed by atoms with Crippen LogP contribution in [0, 0.1) is 11.3 Å². The zero-order valence-corrected chi connectivity index (χ0v) is 15.7. The molecule has 3 aliphatic heterocycles. The Labute approximate surface area is 155 Å². The maximum absolute atomic E-state index is 12.0. The molecule has 26 heavy (non-hydrogen) atoms. The molecule has 0 aromatic heterocycles. The molecule has 1 N–H and O–H groups in total. The highest BCUT2D eigenvalue weighted by molar-refractivity contribution is 5.68. The summed E-state index contributed by atoms with van der Waals surface area (Å²) in [6, 6.07) is 0.987. The Hall–Kier alpha value is -1.50. The van der Waals surface area contributed by atoms with E-state index in [0.717, 1.165) is 71.1 Å². The maximum atomic E-state index is 12.0. The van der Waals surface area contributed by atoms with Crippen molar-refractivity contribution in [2.75, 3.05) is 39.8 Å². The van der Waals surface area contributed by atoms with Crippen LogP contribution in [0.4, 0.5) is 9.59 Å². The van der Waals surface area contributed by atoms with Gasteiger partial charge in [0, 0.05) is 31.7 Å². The van der Waals surface area contributed by atoms with Crippen molar-refractivity contribution in [2.45, 2.75) is 57.0 Å². The smallest absolute Gasteiger partial charge is 0.409 e. The molecule has 4 fully saturated rings. The largest absolute Gasteiger partial charge is 0.465 e. The summed E-state index contributed by atoms with van der Waals surface area (Å²) in [7, 11) is 1.47. The van der Waals surface area contributed by atoms with Crippen LogP contribution < -0.4 is 0 Å². The van der Waals surface area contributed by atoms with Gasteiger partial charge in [0.05, 0.1) is 7.11 Å². The second-order valence-electron chi connectivity index (χ2n) is 8.76. The Morgan fingerprint density at radius 2 is 1.81 bits per heavy atom. The number of likely N-dealkylation sites (tertiary alicyclic amines) is 3. The summed E-state index contributed by atoms with van der Waals surface area (Å²) in [5.41, 5.74) is 0.257. The van der Waals surface area contributed by atoms with Gasteiger partial charge in [-0.1, -0.05) is 0 Å². The first-order valence-corrected chi connectivity index (χ1v) is 10.1. The highest BCUT2D eigenvalue weighted by atomic mass is 16.5. The van der Waals surface area contributed by atoms with Crippen molar-refractivity contribution in [3.63, 3.8) is 0 Å². The molecular weight excluding hydrogens is 334 g/mol. The van der Waals surface area contributed by atoms with Crippen molar-refractivity contribution in [3.05, 3.63) is 0 Å². The molecule has 146 valence electrons. The SMILES string of the molecule is COC(=O)N1CCCC1C1CCN(C2CC3(CCN(C(=O)O)C3)C2)CC1. The summed E-state index contributed by atoms with van der Waals surface area (Å²) in [6.07, 6.45) is 6.91. The number of rotatable bonds is 2. The van der Waals surface area contributed by atoms with E-state index < -0.39 is 6.09 Å². The van der Waals surface area contributed by atoms with Crippen LogP contribution in [0.5, 0.6) is 0 Å². The van der Waals surface area contributed by atoms with Gasteiger partial charge in [-0.3, -0.25) is 0 Å². The van der Waals surface area contributed by atoms with Gasteiger partial charge < -0.3 is 24.5 Å². The molecule has 0 aromatic rings. The fraction of sp³-hybridized carbons (Fsp3) is 0.895. The van der Waals surface area contributed by atoms with Crippen molar-refractivity contribution in [2.24, 2.45) is 11.3 Å². The van der Waals surface area contributed by atoms with Gasteiger partial charge in [0.2, 0.25) is 0 Å². The van der Waals surface area contributed by atoms with Gasteiger partial charge >= 0.3 is 12.2 Å². The number of carboxylic acid groups (broad SMARTS) is 1. The Kier molecular flexibility index (Phi) is 4.75. The molecule has 4 aliphatic rings.